The molecule has 1 atom stereocenters. The highest BCUT2D eigenvalue weighted by molar-refractivity contribution is 5.30. The van der Waals surface area contributed by atoms with E-state index in [2.05, 4.69) is 4.89 Å². The second kappa shape index (κ2) is 5.72. The fourth-order valence-corrected chi connectivity index (χ4v) is 1.27. The SMILES string of the molecule is COc1ccc(C(OO)C(C#N)C#N)cc1. The second-order valence-electron chi connectivity index (χ2n) is 3.04. The summed E-state index contributed by atoms with van der Waals surface area (Å²) in [6.45, 7) is 0. The van der Waals surface area contributed by atoms with Gasteiger partial charge >= 0.3 is 0 Å². The summed E-state index contributed by atoms with van der Waals surface area (Å²) in [5.74, 6) is -0.413. The van der Waals surface area contributed by atoms with E-state index < -0.39 is 12.0 Å². The van der Waals surface area contributed by atoms with Gasteiger partial charge in [0.2, 0.25) is 0 Å². The van der Waals surface area contributed by atoms with Crippen LogP contribution in [0.2, 0.25) is 0 Å². The van der Waals surface area contributed by atoms with Crippen LogP contribution in [0.3, 0.4) is 0 Å². The molecule has 1 aromatic carbocycles. The van der Waals surface area contributed by atoms with Crippen LogP contribution in [0.1, 0.15) is 11.7 Å². The molecule has 5 nitrogen and oxygen atoms in total. The van der Waals surface area contributed by atoms with Crippen LogP contribution < -0.4 is 4.74 Å². The number of hydrogen-bond donors (Lipinski definition) is 1. The van der Waals surface area contributed by atoms with Crippen LogP contribution in [-0.4, -0.2) is 12.4 Å². The van der Waals surface area contributed by atoms with Gasteiger partial charge in [0.05, 0.1) is 19.2 Å². The van der Waals surface area contributed by atoms with Gasteiger partial charge in [-0.15, -0.1) is 0 Å². The first-order chi connectivity index (χ1) is 7.76. The molecule has 0 aromatic heterocycles. The van der Waals surface area contributed by atoms with Crippen molar-refractivity contribution in [3.8, 4) is 17.9 Å². The van der Waals surface area contributed by atoms with E-state index in [4.69, 9.17) is 20.5 Å². The number of hydrogen-bond acceptors (Lipinski definition) is 5. The summed E-state index contributed by atoms with van der Waals surface area (Å²) in [4.78, 5) is 4.17. The second-order valence-corrected chi connectivity index (χ2v) is 3.04. The van der Waals surface area contributed by atoms with Gasteiger partial charge in [-0.05, 0) is 17.7 Å². The van der Waals surface area contributed by atoms with Crippen molar-refractivity contribution in [3.05, 3.63) is 29.8 Å². The Labute approximate surface area is 93.0 Å². The Balaban J connectivity index is 2.96. The van der Waals surface area contributed by atoms with E-state index in [1.165, 1.54) is 7.11 Å². The summed E-state index contributed by atoms with van der Waals surface area (Å²) >= 11 is 0. The van der Waals surface area contributed by atoms with Gasteiger partial charge in [-0.1, -0.05) is 12.1 Å². The van der Waals surface area contributed by atoms with Gasteiger partial charge in [0.15, 0.2) is 5.92 Å². The molecular formula is C11H10N2O3. The molecule has 0 bridgehead atoms. The Kier molecular flexibility index (Phi) is 4.28. The molecule has 0 amide bonds. The predicted octanol–water partition coefficient (Wildman–Crippen LogP) is 1.89. The normalized spacial score (nSPS) is 11.6. The maximum absolute atomic E-state index is 8.71. The van der Waals surface area contributed by atoms with Crippen LogP contribution >= 0.6 is 0 Å². The van der Waals surface area contributed by atoms with Crippen LogP contribution in [0.4, 0.5) is 0 Å². The maximum atomic E-state index is 8.71. The first-order valence-electron chi connectivity index (χ1n) is 4.50. The van der Waals surface area contributed by atoms with Crippen LogP contribution in [0, 0.1) is 28.6 Å². The standard InChI is InChI=1S/C11H10N2O3/c1-15-10-4-2-8(3-5-10)11(16-14)9(6-12)7-13/h2-5,9,11,14H,1H3. The molecule has 1 N–H and O–H groups in total. The van der Waals surface area contributed by atoms with E-state index >= 15 is 0 Å². The summed E-state index contributed by atoms with van der Waals surface area (Å²) in [5.41, 5.74) is 0.538. The third-order valence-electron chi connectivity index (χ3n) is 2.14. The minimum Gasteiger partial charge on any atom is -0.497 e. The fourth-order valence-electron chi connectivity index (χ4n) is 1.27. The number of rotatable bonds is 4. The van der Waals surface area contributed by atoms with Gasteiger partial charge in [-0.25, -0.2) is 4.89 Å². The quantitative estimate of drug-likeness (QED) is 0.616. The summed E-state index contributed by atoms with van der Waals surface area (Å²) < 4.78 is 4.96. The van der Waals surface area contributed by atoms with E-state index in [1.807, 2.05) is 0 Å². The first-order valence-corrected chi connectivity index (χ1v) is 4.50. The largest absolute Gasteiger partial charge is 0.497 e. The van der Waals surface area contributed by atoms with Crippen LogP contribution in [0.25, 0.3) is 0 Å². The van der Waals surface area contributed by atoms with Crippen molar-refractivity contribution in [2.45, 2.75) is 6.10 Å². The van der Waals surface area contributed by atoms with Gasteiger partial charge in [0, 0.05) is 0 Å². The molecule has 1 unspecified atom stereocenters. The molecule has 0 aliphatic carbocycles. The lowest BCUT2D eigenvalue weighted by molar-refractivity contribution is -0.286. The van der Waals surface area contributed by atoms with Crippen LogP contribution in [0.15, 0.2) is 24.3 Å². The summed E-state index contributed by atoms with van der Waals surface area (Å²) in [7, 11) is 1.53. The average molecular weight is 218 g/mol. The molecule has 82 valence electrons. The third-order valence-corrected chi connectivity index (χ3v) is 2.14. The fraction of sp³-hybridized carbons (Fsp3) is 0.273. The molecule has 1 aromatic rings. The highest BCUT2D eigenvalue weighted by Gasteiger charge is 2.24. The van der Waals surface area contributed by atoms with Crippen LogP contribution in [0.5, 0.6) is 5.75 Å². The molecule has 0 saturated carbocycles. The third kappa shape index (κ3) is 2.48. The highest BCUT2D eigenvalue weighted by atomic mass is 17.1. The first kappa shape index (κ1) is 12.0. The molecule has 5 heteroatoms. The van der Waals surface area contributed by atoms with Crippen molar-refractivity contribution in [3.63, 3.8) is 0 Å². The van der Waals surface area contributed by atoms with Crippen molar-refractivity contribution >= 4 is 0 Å². The maximum Gasteiger partial charge on any atom is 0.166 e. The zero-order chi connectivity index (χ0) is 12.0. The van der Waals surface area contributed by atoms with Crippen molar-refractivity contribution < 1.29 is 14.9 Å². The summed E-state index contributed by atoms with van der Waals surface area (Å²) in [5, 5.41) is 26.1. The van der Waals surface area contributed by atoms with E-state index in [-0.39, 0.29) is 0 Å². The minimum atomic E-state index is -1.06. The van der Waals surface area contributed by atoms with Crippen molar-refractivity contribution in [2.24, 2.45) is 5.92 Å². The van der Waals surface area contributed by atoms with Crippen LogP contribution in [-0.2, 0) is 4.89 Å². The molecular weight excluding hydrogens is 208 g/mol. The number of nitrogens with zero attached hydrogens (tertiary/aromatic N) is 2. The van der Waals surface area contributed by atoms with Crippen molar-refractivity contribution in [1.29, 1.82) is 10.5 Å². The predicted molar refractivity (Wildman–Crippen MR) is 54.2 cm³/mol. The monoisotopic (exact) mass is 218 g/mol. The molecule has 0 heterocycles. The molecule has 0 aliphatic rings. The van der Waals surface area contributed by atoms with E-state index in [0.29, 0.717) is 11.3 Å². The Morgan fingerprint density at radius 1 is 1.19 bits per heavy atom. The zero-order valence-electron chi connectivity index (χ0n) is 8.62. The summed E-state index contributed by atoms with van der Waals surface area (Å²) in [6.07, 6.45) is -0.971. The highest BCUT2D eigenvalue weighted by Crippen LogP contribution is 2.26. The molecule has 0 fully saturated rings. The average Bonchev–Trinajstić information content (AvgIpc) is 2.36. The Morgan fingerprint density at radius 2 is 1.75 bits per heavy atom. The molecule has 0 radical (unpaired) electrons. The van der Waals surface area contributed by atoms with Gasteiger partial charge in [-0.2, -0.15) is 10.5 Å². The number of benzene rings is 1. The smallest absolute Gasteiger partial charge is 0.166 e. The minimum absolute atomic E-state index is 0.538. The van der Waals surface area contributed by atoms with E-state index in [1.54, 1.807) is 36.4 Å². The Morgan fingerprint density at radius 3 is 2.12 bits per heavy atom. The lowest BCUT2D eigenvalue weighted by Gasteiger charge is -2.14. The molecule has 0 aliphatic heterocycles. The zero-order valence-corrected chi connectivity index (χ0v) is 8.62. The van der Waals surface area contributed by atoms with E-state index in [9.17, 15) is 0 Å². The van der Waals surface area contributed by atoms with Gasteiger partial charge in [0.1, 0.15) is 11.9 Å². The van der Waals surface area contributed by atoms with Crippen molar-refractivity contribution in [1.82, 2.24) is 0 Å². The number of methoxy groups -OCH3 is 1. The molecule has 0 spiro atoms. The Bertz CT molecular complexity index is 402. The van der Waals surface area contributed by atoms with E-state index in [0.717, 1.165) is 0 Å². The molecule has 1 rings (SSSR count). The van der Waals surface area contributed by atoms with Gasteiger partial charge in [0.25, 0.3) is 0 Å². The van der Waals surface area contributed by atoms with Gasteiger partial charge < -0.3 is 4.74 Å². The molecule has 0 saturated heterocycles. The summed E-state index contributed by atoms with van der Waals surface area (Å²) in [6, 6.07) is 10.1. The van der Waals surface area contributed by atoms with Crippen molar-refractivity contribution in [2.75, 3.05) is 7.11 Å². The molecule has 16 heavy (non-hydrogen) atoms. The van der Waals surface area contributed by atoms with Gasteiger partial charge in [-0.3, -0.25) is 5.26 Å². The lowest BCUT2D eigenvalue weighted by atomic mass is 9.98. The topological polar surface area (TPSA) is 86.3 Å². The Hall–Kier alpha value is -2.08. The number of ether oxygens (including phenoxy) is 1. The number of nitriles is 2. The lowest BCUT2D eigenvalue weighted by Crippen LogP contribution is -2.11.